The summed E-state index contributed by atoms with van der Waals surface area (Å²) in [7, 11) is 0.832. The zero-order chi connectivity index (χ0) is 10.8. The van der Waals surface area contributed by atoms with Gasteiger partial charge in [-0.3, -0.25) is 0 Å². The predicted molar refractivity (Wildman–Crippen MR) is 51.7 cm³/mol. The molecule has 0 aliphatic carbocycles. The first-order chi connectivity index (χ1) is 6.50. The average molecular weight is 216 g/mol. The van der Waals surface area contributed by atoms with Gasteiger partial charge < -0.3 is 4.74 Å². The highest BCUT2D eigenvalue weighted by Gasteiger charge is 2.22. The lowest BCUT2D eigenvalue weighted by atomic mass is 10.5. The molecule has 0 atom stereocenters. The second-order valence-electron chi connectivity index (χ2n) is 2.80. The van der Waals surface area contributed by atoms with E-state index < -0.39 is 10.0 Å². The maximum atomic E-state index is 11.7. The molecule has 1 aromatic heterocycles. The Kier molecular flexibility index (Phi) is 3.07. The van der Waals surface area contributed by atoms with Crippen LogP contribution >= 0.6 is 0 Å². The average Bonchev–Trinajstić information content (AvgIpc) is 2.17. The molecule has 0 amide bonds. The SMILES string of the molecule is COc1ncccc1S(=O)(=O)N(C)C. The first-order valence-corrected chi connectivity index (χ1v) is 5.35. The van der Waals surface area contributed by atoms with Gasteiger partial charge in [-0.05, 0) is 12.1 Å². The minimum atomic E-state index is -3.47. The summed E-state index contributed by atoms with van der Waals surface area (Å²) in [5.74, 6) is 0.112. The third kappa shape index (κ3) is 1.85. The van der Waals surface area contributed by atoms with Crippen molar-refractivity contribution in [3.8, 4) is 5.88 Å². The molecule has 14 heavy (non-hydrogen) atoms. The number of pyridine rings is 1. The molecular weight excluding hydrogens is 204 g/mol. The Bertz CT molecular complexity index is 414. The molecule has 0 radical (unpaired) electrons. The Morgan fingerprint density at radius 3 is 2.57 bits per heavy atom. The van der Waals surface area contributed by atoms with Crippen molar-refractivity contribution in [1.29, 1.82) is 0 Å². The number of hydrogen-bond donors (Lipinski definition) is 0. The van der Waals surface area contributed by atoms with E-state index in [0.717, 1.165) is 4.31 Å². The van der Waals surface area contributed by atoms with Crippen LogP contribution < -0.4 is 4.74 Å². The van der Waals surface area contributed by atoms with Crippen molar-refractivity contribution < 1.29 is 13.2 Å². The van der Waals surface area contributed by atoms with Gasteiger partial charge in [0.25, 0.3) is 0 Å². The molecule has 1 heterocycles. The molecule has 78 valence electrons. The molecule has 6 heteroatoms. The Hall–Kier alpha value is -1.14. The van der Waals surface area contributed by atoms with E-state index in [4.69, 9.17) is 4.74 Å². The summed E-state index contributed by atoms with van der Waals surface area (Å²) in [6.07, 6.45) is 1.48. The summed E-state index contributed by atoms with van der Waals surface area (Å²) in [6.45, 7) is 0. The van der Waals surface area contributed by atoms with E-state index in [9.17, 15) is 8.42 Å². The summed E-state index contributed by atoms with van der Waals surface area (Å²) in [5.41, 5.74) is 0. The Morgan fingerprint density at radius 2 is 2.07 bits per heavy atom. The molecule has 0 fully saturated rings. The van der Waals surface area contributed by atoms with Crippen LogP contribution in [0.25, 0.3) is 0 Å². The molecule has 0 spiro atoms. The van der Waals surface area contributed by atoms with Crippen LogP contribution in [0, 0.1) is 0 Å². The van der Waals surface area contributed by atoms with Gasteiger partial charge in [0.2, 0.25) is 15.9 Å². The van der Waals surface area contributed by atoms with E-state index in [-0.39, 0.29) is 10.8 Å². The van der Waals surface area contributed by atoms with Crippen molar-refractivity contribution in [2.45, 2.75) is 4.90 Å². The summed E-state index contributed by atoms with van der Waals surface area (Å²) in [6, 6.07) is 3.01. The standard InChI is InChI=1S/C8H12N2O3S/c1-10(2)14(11,12)7-5-4-6-9-8(7)13-3/h4-6H,1-3H3. The lowest BCUT2D eigenvalue weighted by Crippen LogP contribution is -2.22. The Labute approximate surface area is 83.4 Å². The summed E-state index contributed by atoms with van der Waals surface area (Å²) >= 11 is 0. The van der Waals surface area contributed by atoms with Crippen LogP contribution in [0.5, 0.6) is 5.88 Å². The molecule has 0 aliphatic rings. The zero-order valence-electron chi connectivity index (χ0n) is 8.26. The fourth-order valence-corrected chi connectivity index (χ4v) is 1.92. The van der Waals surface area contributed by atoms with Crippen molar-refractivity contribution in [3.05, 3.63) is 18.3 Å². The number of rotatable bonds is 3. The van der Waals surface area contributed by atoms with E-state index in [2.05, 4.69) is 4.98 Å². The van der Waals surface area contributed by atoms with E-state index in [1.165, 1.54) is 33.5 Å². The lowest BCUT2D eigenvalue weighted by molar-refractivity contribution is 0.383. The van der Waals surface area contributed by atoms with Gasteiger partial charge in [0.05, 0.1) is 7.11 Å². The smallest absolute Gasteiger partial charge is 0.247 e. The van der Waals surface area contributed by atoms with Crippen LogP contribution in [0.4, 0.5) is 0 Å². The largest absolute Gasteiger partial charge is 0.480 e. The molecule has 0 saturated heterocycles. The summed E-state index contributed by atoms with van der Waals surface area (Å²) in [5, 5.41) is 0. The molecular formula is C8H12N2O3S. The number of hydrogen-bond acceptors (Lipinski definition) is 4. The van der Waals surface area contributed by atoms with Gasteiger partial charge in [0, 0.05) is 20.3 Å². The number of sulfonamides is 1. The maximum absolute atomic E-state index is 11.7. The van der Waals surface area contributed by atoms with Crippen molar-refractivity contribution >= 4 is 10.0 Å². The second kappa shape index (κ2) is 3.93. The van der Waals surface area contributed by atoms with Gasteiger partial charge in [-0.1, -0.05) is 0 Å². The van der Waals surface area contributed by atoms with E-state index in [1.807, 2.05) is 0 Å². The second-order valence-corrected chi connectivity index (χ2v) is 4.92. The molecule has 1 rings (SSSR count). The number of methoxy groups -OCH3 is 1. The molecule has 1 aromatic rings. The van der Waals surface area contributed by atoms with Gasteiger partial charge >= 0.3 is 0 Å². The van der Waals surface area contributed by atoms with Crippen molar-refractivity contribution in [3.63, 3.8) is 0 Å². The topological polar surface area (TPSA) is 59.5 Å². The van der Waals surface area contributed by atoms with Crippen molar-refractivity contribution in [2.24, 2.45) is 0 Å². The third-order valence-electron chi connectivity index (χ3n) is 1.69. The fourth-order valence-electron chi connectivity index (χ4n) is 0.922. The molecule has 5 nitrogen and oxygen atoms in total. The third-order valence-corrected chi connectivity index (χ3v) is 3.52. The normalized spacial score (nSPS) is 11.7. The van der Waals surface area contributed by atoms with E-state index >= 15 is 0 Å². The Morgan fingerprint density at radius 1 is 1.43 bits per heavy atom. The monoisotopic (exact) mass is 216 g/mol. The lowest BCUT2D eigenvalue weighted by Gasteiger charge is -2.12. The molecule has 0 aromatic carbocycles. The van der Waals surface area contributed by atoms with Crippen molar-refractivity contribution in [2.75, 3.05) is 21.2 Å². The van der Waals surface area contributed by atoms with Crippen LogP contribution in [0.3, 0.4) is 0 Å². The van der Waals surface area contributed by atoms with Crippen LogP contribution in [0.15, 0.2) is 23.2 Å². The predicted octanol–water partition coefficient (Wildman–Crippen LogP) is 0.341. The molecule has 0 saturated carbocycles. The van der Waals surface area contributed by atoms with E-state index in [0.29, 0.717) is 0 Å². The zero-order valence-corrected chi connectivity index (χ0v) is 9.08. The highest BCUT2D eigenvalue weighted by Crippen LogP contribution is 2.21. The first kappa shape index (κ1) is 10.9. The van der Waals surface area contributed by atoms with Crippen molar-refractivity contribution in [1.82, 2.24) is 9.29 Å². The van der Waals surface area contributed by atoms with Crippen LogP contribution in [-0.2, 0) is 10.0 Å². The summed E-state index contributed by atoms with van der Waals surface area (Å²) in [4.78, 5) is 3.89. The molecule has 0 N–H and O–H groups in total. The number of ether oxygens (including phenoxy) is 1. The van der Waals surface area contributed by atoms with Crippen LogP contribution in [0.2, 0.25) is 0 Å². The van der Waals surface area contributed by atoms with Gasteiger partial charge in [0.1, 0.15) is 4.90 Å². The van der Waals surface area contributed by atoms with Gasteiger partial charge in [-0.25, -0.2) is 17.7 Å². The maximum Gasteiger partial charge on any atom is 0.247 e. The first-order valence-electron chi connectivity index (χ1n) is 3.91. The quantitative estimate of drug-likeness (QED) is 0.731. The van der Waals surface area contributed by atoms with Crippen LogP contribution in [0.1, 0.15) is 0 Å². The van der Waals surface area contributed by atoms with E-state index in [1.54, 1.807) is 6.07 Å². The number of aromatic nitrogens is 1. The van der Waals surface area contributed by atoms with Gasteiger partial charge in [-0.15, -0.1) is 0 Å². The fraction of sp³-hybridized carbons (Fsp3) is 0.375. The highest BCUT2D eigenvalue weighted by atomic mass is 32.2. The minimum absolute atomic E-state index is 0.0764. The molecule has 0 unspecified atom stereocenters. The minimum Gasteiger partial charge on any atom is -0.480 e. The number of nitrogens with zero attached hydrogens (tertiary/aromatic N) is 2. The summed E-state index contributed by atoms with van der Waals surface area (Å²) < 4.78 is 29.4. The van der Waals surface area contributed by atoms with Gasteiger partial charge in [-0.2, -0.15) is 0 Å². The van der Waals surface area contributed by atoms with Crippen LogP contribution in [-0.4, -0.2) is 38.9 Å². The highest BCUT2D eigenvalue weighted by molar-refractivity contribution is 7.89. The van der Waals surface area contributed by atoms with Gasteiger partial charge in [0.15, 0.2) is 0 Å². The molecule has 0 bridgehead atoms. The Balaban J connectivity index is 3.32. The molecule has 0 aliphatic heterocycles.